The molecule has 0 unspecified atom stereocenters. The highest BCUT2D eigenvalue weighted by Crippen LogP contribution is 2.49. The van der Waals surface area contributed by atoms with Gasteiger partial charge in [0.2, 0.25) is 5.78 Å². The molecule has 226 valence electrons. The summed E-state index contributed by atoms with van der Waals surface area (Å²) < 4.78 is 33.5. The maximum absolute atomic E-state index is 13.7. The lowest BCUT2D eigenvalue weighted by Gasteiger charge is -2.46. The van der Waals surface area contributed by atoms with E-state index < -0.39 is 82.9 Å². The molecule has 3 aliphatic rings. The molecule has 1 saturated heterocycles. The van der Waals surface area contributed by atoms with Crippen LogP contribution < -0.4 is 4.74 Å². The van der Waals surface area contributed by atoms with Crippen LogP contribution in [0.1, 0.15) is 67.7 Å². The van der Waals surface area contributed by atoms with Gasteiger partial charge in [-0.2, -0.15) is 0 Å². The average Bonchev–Trinajstić information content (AvgIpc) is 2.94. The van der Waals surface area contributed by atoms with Gasteiger partial charge in [0, 0.05) is 49.6 Å². The Kier molecular flexibility index (Phi) is 7.64. The van der Waals surface area contributed by atoms with Crippen LogP contribution in [0.3, 0.4) is 0 Å². The number of fused-ring (bicyclic) bond motifs is 3. The molecule has 0 spiro atoms. The molecule has 13 nitrogen and oxygen atoms in total. The van der Waals surface area contributed by atoms with Crippen LogP contribution in [0.15, 0.2) is 18.2 Å². The number of phenolic OH excluding ortho intramolecular Hbond substituents is 2. The fourth-order valence-electron chi connectivity index (χ4n) is 6.14. The quantitative estimate of drug-likeness (QED) is 0.320. The second-order valence-electron chi connectivity index (χ2n) is 10.6. The molecule has 0 radical (unpaired) electrons. The normalized spacial score (nSPS) is 32.3. The number of aliphatic hydroxyl groups excluding tert-OH is 1. The minimum Gasteiger partial charge on any atom is -0.507 e. The summed E-state index contributed by atoms with van der Waals surface area (Å²) in [7, 11) is 5.25. The van der Waals surface area contributed by atoms with Crippen molar-refractivity contribution in [2.45, 2.75) is 62.4 Å². The fourth-order valence-corrected chi connectivity index (χ4v) is 6.14. The first kappa shape index (κ1) is 30.0. The molecule has 0 aromatic heterocycles. The second kappa shape index (κ2) is 10.7. The highest BCUT2D eigenvalue weighted by molar-refractivity contribution is 6.31. The predicted octanol–water partition coefficient (Wildman–Crippen LogP) is 1.04. The monoisotopic (exact) mass is 588 g/mol. The Bertz CT molecular complexity index is 1460. The number of benzene rings is 2. The van der Waals surface area contributed by atoms with Crippen molar-refractivity contribution in [3.8, 4) is 17.2 Å². The molecule has 2 aromatic carbocycles. The minimum absolute atomic E-state index is 0.112. The third-order valence-corrected chi connectivity index (χ3v) is 8.26. The van der Waals surface area contributed by atoms with Crippen LogP contribution in [-0.4, -0.2) is 109 Å². The van der Waals surface area contributed by atoms with Crippen molar-refractivity contribution in [2.75, 3.05) is 28.4 Å². The van der Waals surface area contributed by atoms with Gasteiger partial charge >= 0.3 is 0 Å². The number of ketones is 3. The Labute approximate surface area is 240 Å². The first-order chi connectivity index (χ1) is 19.8. The number of phenols is 2. The van der Waals surface area contributed by atoms with Crippen LogP contribution in [0.25, 0.3) is 0 Å². The van der Waals surface area contributed by atoms with Gasteiger partial charge in [-0.15, -0.1) is 0 Å². The van der Waals surface area contributed by atoms with Gasteiger partial charge in [-0.25, -0.2) is 0 Å². The molecule has 5 rings (SSSR count). The third kappa shape index (κ3) is 4.23. The average molecular weight is 589 g/mol. The molecular formula is C29H32O13. The molecule has 8 atom stereocenters. The summed E-state index contributed by atoms with van der Waals surface area (Å²) >= 11 is 0. The van der Waals surface area contributed by atoms with Crippen LogP contribution >= 0.6 is 0 Å². The van der Waals surface area contributed by atoms with Gasteiger partial charge in [-0.1, -0.05) is 0 Å². The van der Waals surface area contributed by atoms with Crippen molar-refractivity contribution in [1.82, 2.24) is 0 Å². The highest BCUT2D eigenvalue weighted by atomic mass is 16.7. The number of rotatable bonds is 6. The summed E-state index contributed by atoms with van der Waals surface area (Å²) in [5, 5.41) is 44.4. The van der Waals surface area contributed by atoms with E-state index in [2.05, 4.69) is 0 Å². The van der Waals surface area contributed by atoms with Gasteiger partial charge in [0.1, 0.15) is 47.8 Å². The summed E-state index contributed by atoms with van der Waals surface area (Å²) in [6.07, 6.45) is -8.04. The molecule has 2 aromatic rings. The van der Waals surface area contributed by atoms with Gasteiger partial charge in [-0.3, -0.25) is 14.4 Å². The molecule has 4 N–H and O–H groups in total. The molecule has 42 heavy (non-hydrogen) atoms. The Morgan fingerprint density at radius 3 is 2.10 bits per heavy atom. The van der Waals surface area contributed by atoms with E-state index in [0.29, 0.717) is 0 Å². The summed E-state index contributed by atoms with van der Waals surface area (Å²) in [5.41, 5.74) is -4.09. The zero-order chi connectivity index (χ0) is 30.8. The Morgan fingerprint density at radius 2 is 1.50 bits per heavy atom. The number of aromatic hydroxyl groups is 2. The Hall–Kier alpha value is -3.43. The molecule has 2 aliphatic carbocycles. The zero-order valence-electron chi connectivity index (χ0n) is 23.7. The van der Waals surface area contributed by atoms with Gasteiger partial charge in [0.25, 0.3) is 0 Å². The molecule has 0 saturated carbocycles. The van der Waals surface area contributed by atoms with Gasteiger partial charge in [0.15, 0.2) is 23.5 Å². The number of hydrogen-bond donors (Lipinski definition) is 4. The number of hydrogen-bond acceptors (Lipinski definition) is 13. The van der Waals surface area contributed by atoms with Gasteiger partial charge in [-0.05, 0) is 26.0 Å². The maximum Gasteiger partial charge on any atom is 0.201 e. The molecule has 1 aliphatic heterocycles. The van der Waals surface area contributed by atoms with E-state index in [0.717, 1.165) is 12.1 Å². The van der Waals surface area contributed by atoms with Crippen molar-refractivity contribution in [3.63, 3.8) is 0 Å². The van der Waals surface area contributed by atoms with Crippen molar-refractivity contribution >= 4 is 17.3 Å². The summed E-state index contributed by atoms with van der Waals surface area (Å²) in [6.45, 7) is 2.83. The molecule has 0 amide bonds. The van der Waals surface area contributed by atoms with E-state index in [-0.39, 0.29) is 33.6 Å². The van der Waals surface area contributed by atoms with E-state index >= 15 is 0 Å². The van der Waals surface area contributed by atoms with E-state index in [9.17, 15) is 34.8 Å². The first-order valence-electron chi connectivity index (χ1n) is 13.1. The number of methoxy groups -OCH3 is 4. The fraction of sp³-hybridized carbons (Fsp3) is 0.483. The van der Waals surface area contributed by atoms with E-state index in [1.807, 2.05) is 0 Å². The topological polar surface area (TPSA) is 188 Å². The van der Waals surface area contributed by atoms with Crippen LogP contribution in [0, 0.1) is 0 Å². The Balaban J connectivity index is 1.69. The second-order valence-corrected chi connectivity index (χ2v) is 10.6. The number of ether oxygens (including phenoxy) is 6. The number of carbonyl (C=O) groups is 3. The third-order valence-electron chi connectivity index (χ3n) is 8.26. The molecule has 13 heteroatoms. The number of Topliss-reactive ketones (excluding diaryl/α,β-unsaturated/α-hetero) is 1. The minimum atomic E-state index is -2.23. The SMILES string of the molecule is COc1cc(O)c2c(c1)C(=O)c1cc3c(c(O)c1C2=O)[C@@H](O[C@@H]1O[C@@H](C)[C@H](OC)[C@@H](O)[C@H]1OC)[C@H](OC)[C@](C)(O)C3=O. The Morgan fingerprint density at radius 1 is 0.857 bits per heavy atom. The van der Waals surface area contributed by atoms with Crippen molar-refractivity contribution in [1.29, 1.82) is 0 Å². The van der Waals surface area contributed by atoms with E-state index in [1.165, 1.54) is 41.4 Å². The predicted molar refractivity (Wildman–Crippen MR) is 141 cm³/mol. The summed E-state index contributed by atoms with van der Waals surface area (Å²) in [6, 6.07) is 3.53. The standard InChI is InChI=1S/C29H32O13/c1-10-23(38-4)22(34)25(39-5)28(41-10)42-24-18-14(26(35)29(2,36)27(24)40-6)9-13-17(21(18)33)20(32)16-12(19(13)31)7-11(37-3)8-15(16)30/h7-10,22-25,27-28,30,33-34,36H,1-6H3/t10-,22+,23-,24+,25+,27-,28-,29+/m0/s1. The highest BCUT2D eigenvalue weighted by Gasteiger charge is 2.56. The largest absolute Gasteiger partial charge is 0.507 e. The van der Waals surface area contributed by atoms with E-state index in [4.69, 9.17) is 28.4 Å². The van der Waals surface area contributed by atoms with Crippen LogP contribution in [0.2, 0.25) is 0 Å². The summed E-state index contributed by atoms with van der Waals surface area (Å²) in [4.78, 5) is 40.9. The lowest BCUT2D eigenvalue weighted by Crippen LogP contribution is -2.61. The van der Waals surface area contributed by atoms with Crippen LogP contribution in [0.5, 0.6) is 17.2 Å². The molecule has 1 fully saturated rings. The summed E-state index contributed by atoms with van der Waals surface area (Å²) in [5.74, 6) is -3.74. The zero-order valence-corrected chi connectivity index (χ0v) is 23.7. The van der Waals surface area contributed by atoms with Crippen molar-refractivity contribution in [3.05, 3.63) is 51.6 Å². The van der Waals surface area contributed by atoms with Crippen LogP contribution in [0.4, 0.5) is 0 Å². The smallest absolute Gasteiger partial charge is 0.201 e. The molecular weight excluding hydrogens is 556 g/mol. The number of carbonyl (C=O) groups excluding carboxylic acids is 3. The number of aliphatic hydroxyl groups is 2. The molecule has 1 heterocycles. The van der Waals surface area contributed by atoms with Crippen LogP contribution in [-0.2, 0) is 23.7 Å². The maximum atomic E-state index is 13.7. The lowest BCUT2D eigenvalue weighted by molar-refractivity contribution is -0.323. The lowest BCUT2D eigenvalue weighted by atomic mass is 9.72. The van der Waals surface area contributed by atoms with Gasteiger partial charge in [0.05, 0.1) is 24.3 Å². The molecule has 0 bridgehead atoms. The first-order valence-corrected chi connectivity index (χ1v) is 13.1. The van der Waals surface area contributed by atoms with E-state index in [1.54, 1.807) is 6.92 Å². The van der Waals surface area contributed by atoms with Crippen molar-refractivity contribution in [2.24, 2.45) is 0 Å². The van der Waals surface area contributed by atoms with Gasteiger partial charge < -0.3 is 48.8 Å². The van der Waals surface area contributed by atoms with Crippen molar-refractivity contribution < 1.29 is 63.2 Å².